The Morgan fingerprint density at radius 2 is 1.94 bits per heavy atom. The predicted molar refractivity (Wildman–Crippen MR) is 67.0 cm³/mol. The Labute approximate surface area is 106 Å². The molecule has 1 fully saturated rings. The summed E-state index contributed by atoms with van der Waals surface area (Å²) in [6.45, 7) is 0.933. The standard InChI is InChI=1S/C12H15Cl2NO/c13-9-2-1-3-10(14)12(9)11(7-16)15-6-8-4-5-8/h1-3,8,11,15-16H,4-7H2. The molecule has 1 aliphatic carbocycles. The molecule has 2 rings (SSSR count). The summed E-state index contributed by atoms with van der Waals surface area (Å²) in [6, 6.07) is 5.24. The van der Waals surface area contributed by atoms with Gasteiger partial charge in [0.2, 0.25) is 0 Å². The van der Waals surface area contributed by atoms with E-state index in [2.05, 4.69) is 5.32 Å². The second kappa shape index (κ2) is 5.37. The molecule has 2 N–H and O–H groups in total. The molecule has 1 aliphatic rings. The van der Waals surface area contributed by atoms with Crippen LogP contribution in [0.4, 0.5) is 0 Å². The lowest BCUT2D eigenvalue weighted by molar-refractivity contribution is 0.243. The van der Waals surface area contributed by atoms with Gasteiger partial charge in [-0.25, -0.2) is 0 Å². The molecule has 2 nitrogen and oxygen atoms in total. The number of rotatable bonds is 5. The summed E-state index contributed by atoms with van der Waals surface area (Å²) in [4.78, 5) is 0. The minimum Gasteiger partial charge on any atom is -0.394 e. The topological polar surface area (TPSA) is 32.3 Å². The first-order valence-electron chi connectivity index (χ1n) is 5.50. The highest BCUT2D eigenvalue weighted by Gasteiger charge is 2.24. The minimum absolute atomic E-state index is 0.0101. The Hall–Kier alpha value is -0.280. The van der Waals surface area contributed by atoms with E-state index in [1.165, 1.54) is 12.8 Å². The maximum Gasteiger partial charge on any atom is 0.0627 e. The quantitative estimate of drug-likeness (QED) is 0.852. The molecule has 16 heavy (non-hydrogen) atoms. The van der Waals surface area contributed by atoms with Crippen molar-refractivity contribution in [1.29, 1.82) is 0 Å². The fourth-order valence-corrected chi connectivity index (χ4v) is 2.39. The van der Waals surface area contributed by atoms with Gasteiger partial charge < -0.3 is 10.4 Å². The van der Waals surface area contributed by atoms with Crippen molar-refractivity contribution >= 4 is 23.2 Å². The second-order valence-electron chi connectivity index (χ2n) is 4.22. The van der Waals surface area contributed by atoms with Crippen molar-refractivity contribution in [2.45, 2.75) is 18.9 Å². The van der Waals surface area contributed by atoms with Gasteiger partial charge in [-0.05, 0) is 37.4 Å². The average Bonchev–Trinajstić information content (AvgIpc) is 3.06. The molecule has 0 spiro atoms. The molecule has 4 heteroatoms. The van der Waals surface area contributed by atoms with Crippen LogP contribution in [0, 0.1) is 5.92 Å². The van der Waals surface area contributed by atoms with Crippen molar-refractivity contribution in [3.63, 3.8) is 0 Å². The van der Waals surface area contributed by atoms with Gasteiger partial charge in [0, 0.05) is 15.6 Å². The largest absolute Gasteiger partial charge is 0.394 e. The molecule has 0 amide bonds. The first-order valence-corrected chi connectivity index (χ1v) is 6.26. The molecule has 88 valence electrons. The number of benzene rings is 1. The maximum absolute atomic E-state index is 9.38. The van der Waals surface area contributed by atoms with Gasteiger partial charge in [-0.2, -0.15) is 0 Å². The van der Waals surface area contributed by atoms with Crippen LogP contribution >= 0.6 is 23.2 Å². The monoisotopic (exact) mass is 259 g/mol. The lowest BCUT2D eigenvalue weighted by atomic mass is 10.1. The Kier molecular flexibility index (Phi) is 4.09. The maximum atomic E-state index is 9.38. The molecule has 1 saturated carbocycles. The molecule has 0 aliphatic heterocycles. The summed E-state index contributed by atoms with van der Waals surface area (Å²) in [7, 11) is 0. The van der Waals surface area contributed by atoms with E-state index in [0.29, 0.717) is 10.0 Å². The van der Waals surface area contributed by atoms with E-state index < -0.39 is 0 Å². The first kappa shape index (κ1) is 12.2. The summed E-state index contributed by atoms with van der Waals surface area (Å²) in [5.41, 5.74) is 0.800. The smallest absolute Gasteiger partial charge is 0.0627 e. The molecule has 1 aromatic rings. The molecule has 0 radical (unpaired) electrons. The third-order valence-electron chi connectivity index (χ3n) is 2.88. The van der Waals surface area contributed by atoms with E-state index in [9.17, 15) is 5.11 Å². The highest BCUT2D eigenvalue weighted by atomic mass is 35.5. The van der Waals surface area contributed by atoms with E-state index in [1.54, 1.807) is 12.1 Å². The highest BCUT2D eigenvalue weighted by molar-refractivity contribution is 6.36. The van der Waals surface area contributed by atoms with E-state index >= 15 is 0 Å². The van der Waals surface area contributed by atoms with Crippen molar-refractivity contribution in [3.8, 4) is 0 Å². The Morgan fingerprint density at radius 1 is 1.31 bits per heavy atom. The van der Waals surface area contributed by atoms with Crippen molar-refractivity contribution in [1.82, 2.24) is 5.32 Å². The highest BCUT2D eigenvalue weighted by Crippen LogP contribution is 2.32. The summed E-state index contributed by atoms with van der Waals surface area (Å²) in [6.07, 6.45) is 2.56. The number of aliphatic hydroxyl groups is 1. The molecule has 1 aromatic carbocycles. The van der Waals surface area contributed by atoms with Crippen molar-refractivity contribution in [3.05, 3.63) is 33.8 Å². The van der Waals surface area contributed by atoms with Crippen molar-refractivity contribution < 1.29 is 5.11 Å². The number of hydrogen-bond acceptors (Lipinski definition) is 2. The average molecular weight is 260 g/mol. The van der Waals surface area contributed by atoms with Gasteiger partial charge >= 0.3 is 0 Å². The second-order valence-corrected chi connectivity index (χ2v) is 5.04. The molecule has 1 atom stereocenters. The van der Waals surface area contributed by atoms with Gasteiger partial charge in [0.1, 0.15) is 0 Å². The van der Waals surface area contributed by atoms with Crippen LogP contribution in [0.3, 0.4) is 0 Å². The minimum atomic E-state index is -0.165. The van der Waals surface area contributed by atoms with Crippen molar-refractivity contribution in [2.75, 3.05) is 13.2 Å². The SMILES string of the molecule is OCC(NCC1CC1)c1c(Cl)cccc1Cl. The Bertz CT molecular complexity index is 346. The molecule has 0 aromatic heterocycles. The van der Waals surface area contributed by atoms with Crippen molar-refractivity contribution in [2.24, 2.45) is 5.92 Å². The van der Waals surface area contributed by atoms with Crippen LogP contribution in [0.5, 0.6) is 0 Å². The number of aliphatic hydroxyl groups excluding tert-OH is 1. The normalized spacial score (nSPS) is 17.4. The zero-order valence-corrected chi connectivity index (χ0v) is 10.4. The third kappa shape index (κ3) is 2.89. The fraction of sp³-hybridized carbons (Fsp3) is 0.500. The lowest BCUT2D eigenvalue weighted by Gasteiger charge is -2.19. The molecule has 1 unspecified atom stereocenters. The first-order chi connectivity index (χ1) is 7.72. The number of halogens is 2. The molecule has 0 saturated heterocycles. The number of nitrogens with one attached hydrogen (secondary N) is 1. The van der Waals surface area contributed by atoms with Gasteiger partial charge in [0.25, 0.3) is 0 Å². The summed E-state index contributed by atoms with van der Waals surface area (Å²) >= 11 is 12.2. The Morgan fingerprint density at radius 3 is 2.44 bits per heavy atom. The van der Waals surface area contributed by atoms with E-state index in [0.717, 1.165) is 18.0 Å². The van der Waals surface area contributed by atoms with E-state index in [4.69, 9.17) is 23.2 Å². The van der Waals surface area contributed by atoms with Crippen LogP contribution in [-0.2, 0) is 0 Å². The predicted octanol–water partition coefficient (Wildman–Crippen LogP) is 3.03. The molecule has 0 bridgehead atoms. The molecular formula is C12H15Cl2NO. The summed E-state index contributed by atoms with van der Waals surface area (Å²) in [5.74, 6) is 0.760. The Balaban J connectivity index is 2.11. The van der Waals surface area contributed by atoms with Crippen LogP contribution < -0.4 is 5.32 Å². The van der Waals surface area contributed by atoms with Crippen LogP contribution in [-0.4, -0.2) is 18.3 Å². The fourth-order valence-electron chi connectivity index (χ4n) is 1.73. The van der Waals surface area contributed by atoms with Crippen LogP contribution in [0.1, 0.15) is 24.4 Å². The third-order valence-corrected chi connectivity index (χ3v) is 3.54. The zero-order chi connectivity index (χ0) is 11.5. The molecule has 0 heterocycles. The van der Waals surface area contributed by atoms with Gasteiger partial charge in [0.05, 0.1) is 12.6 Å². The van der Waals surface area contributed by atoms with Gasteiger partial charge in [-0.15, -0.1) is 0 Å². The summed E-state index contributed by atoms with van der Waals surface area (Å²) < 4.78 is 0. The van der Waals surface area contributed by atoms with Crippen LogP contribution in [0.25, 0.3) is 0 Å². The van der Waals surface area contributed by atoms with Gasteiger partial charge in [-0.1, -0.05) is 29.3 Å². The molecular weight excluding hydrogens is 245 g/mol. The van der Waals surface area contributed by atoms with E-state index in [-0.39, 0.29) is 12.6 Å². The summed E-state index contributed by atoms with van der Waals surface area (Å²) in [5, 5.41) is 13.9. The van der Waals surface area contributed by atoms with Gasteiger partial charge in [0.15, 0.2) is 0 Å². The number of hydrogen-bond donors (Lipinski definition) is 2. The lowest BCUT2D eigenvalue weighted by Crippen LogP contribution is -2.26. The van der Waals surface area contributed by atoms with E-state index in [1.807, 2.05) is 6.07 Å². The zero-order valence-electron chi connectivity index (χ0n) is 8.92. The van der Waals surface area contributed by atoms with Crippen LogP contribution in [0.2, 0.25) is 10.0 Å². The van der Waals surface area contributed by atoms with Gasteiger partial charge in [-0.3, -0.25) is 0 Å². The van der Waals surface area contributed by atoms with Crippen LogP contribution in [0.15, 0.2) is 18.2 Å².